The molecule has 1 saturated heterocycles. The van der Waals surface area contributed by atoms with Crippen LogP contribution in [0.2, 0.25) is 0 Å². The van der Waals surface area contributed by atoms with Crippen molar-refractivity contribution in [1.82, 2.24) is 15.0 Å². The molecular weight excluding hydrogens is 326 g/mol. The summed E-state index contributed by atoms with van der Waals surface area (Å²) >= 11 is 0. The van der Waals surface area contributed by atoms with Crippen LogP contribution in [0.1, 0.15) is 18.4 Å². The molecular formula is C20H24N5O+. The lowest BCUT2D eigenvalue weighted by Crippen LogP contribution is -3.07. The number of benzene rings is 2. The van der Waals surface area contributed by atoms with Crippen molar-refractivity contribution in [2.45, 2.75) is 26.1 Å². The van der Waals surface area contributed by atoms with Crippen LogP contribution in [0.15, 0.2) is 53.3 Å². The first kappa shape index (κ1) is 16.7. The zero-order chi connectivity index (χ0) is 17.9. The summed E-state index contributed by atoms with van der Waals surface area (Å²) in [4.78, 5) is 16.3. The number of fused-ring (bicyclic) bond motifs is 1. The zero-order valence-corrected chi connectivity index (χ0v) is 15.1. The summed E-state index contributed by atoms with van der Waals surface area (Å²) in [6.45, 7) is 3.59. The lowest BCUT2D eigenvalue weighted by molar-refractivity contribution is -0.917. The van der Waals surface area contributed by atoms with Gasteiger partial charge in [0.1, 0.15) is 12.1 Å². The maximum absolute atomic E-state index is 12.6. The van der Waals surface area contributed by atoms with Crippen LogP contribution in [0.4, 0.5) is 5.69 Å². The second-order valence-corrected chi connectivity index (χ2v) is 7.03. The molecule has 1 atom stereocenters. The molecule has 0 bridgehead atoms. The number of aromatic nitrogens is 3. The van der Waals surface area contributed by atoms with Gasteiger partial charge in [-0.2, -0.15) is 4.68 Å². The number of nitrogens with zero attached hydrogens (tertiary/aromatic N) is 4. The number of rotatable bonds is 5. The number of para-hydroxylation sites is 1. The van der Waals surface area contributed by atoms with Gasteiger partial charge in [-0.15, -0.1) is 5.10 Å². The molecule has 0 radical (unpaired) electrons. The average Bonchev–Trinajstić information content (AvgIpc) is 3.19. The molecule has 1 aromatic heterocycles. The molecule has 2 aromatic carbocycles. The first-order chi connectivity index (χ1) is 12.7. The van der Waals surface area contributed by atoms with Gasteiger partial charge in [0, 0.05) is 24.3 Å². The van der Waals surface area contributed by atoms with Gasteiger partial charge in [0.05, 0.1) is 12.4 Å². The van der Waals surface area contributed by atoms with E-state index in [4.69, 9.17) is 0 Å². The second kappa shape index (κ2) is 7.25. The van der Waals surface area contributed by atoms with Crippen LogP contribution in [0.3, 0.4) is 0 Å². The molecule has 2 heterocycles. The summed E-state index contributed by atoms with van der Waals surface area (Å²) < 4.78 is 1.47. The lowest BCUT2D eigenvalue weighted by Gasteiger charge is -2.23. The molecule has 1 unspecified atom stereocenters. The number of nitrogens with one attached hydrogen (secondary N) is 1. The second-order valence-electron chi connectivity index (χ2n) is 7.03. The molecule has 6 heteroatoms. The Morgan fingerprint density at radius 2 is 1.77 bits per heavy atom. The third kappa shape index (κ3) is 3.32. The van der Waals surface area contributed by atoms with Gasteiger partial charge in [0.2, 0.25) is 0 Å². The van der Waals surface area contributed by atoms with Gasteiger partial charge in [-0.1, -0.05) is 35.5 Å². The van der Waals surface area contributed by atoms with Gasteiger partial charge in [-0.25, -0.2) is 0 Å². The molecule has 1 aliphatic heterocycles. The Morgan fingerprint density at radius 3 is 2.62 bits per heavy atom. The van der Waals surface area contributed by atoms with E-state index < -0.39 is 0 Å². The van der Waals surface area contributed by atoms with Crippen molar-refractivity contribution < 1.29 is 4.90 Å². The molecule has 26 heavy (non-hydrogen) atoms. The Balaban J connectivity index is 1.54. The van der Waals surface area contributed by atoms with Gasteiger partial charge in [0.25, 0.3) is 5.56 Å². The van der Waals surface area contributed by atoms with Crippen LogP contribution in [0, 0.1) is 0 Å². The molecule has 1 fully saturated rings. The molecule has 6 nitrogen and oxygen atoms in total. The van der Waals surface area contributed by atoms with Gasteiger partial charge < -0.3 is 9.80 Å². The highest BCUT2D eigenvalue weighted by Gasteiger charge is 2.18. The Labute approximate surface area is 152 Å². The Kier molecular flexibility index (Phi) is 4.67. The van der Waals surface area contributed by atoms with E-state index in [-0.39, 0.29) is 5.56 Å². The monoisotopic (exact) mass is 350 g/mol. The van der Waals surface area contributed by atoms with Crippen LogP contribution in [-0.4, -0.2) is 35.1 Å². The van der Waals surface area contributed by atoms with E-state index in [1.165, 1.54) is 33.7 Å². The van der Waals surface area contributed by atoms with Crippen molar-refractivity contribution in [2.75, 3.05) is 25.0 Å². The van der Waals surface area contributed by atoms with E-state index >= 15 is 0 Å². The lowest BCUT2D eigenvalue weighted by atomic mass is 10.1. The number of anilines is 1. The number of hydrogen-bond acceptors (Lipinski definition) is 4. The zero-order valence-electron chi connectivity index (χ0n) is 15.1. The third-order valence-electron chi connectivity index (χ3n) is 4.98. The van der Waals surface area contributed by atoms with Crippen LogP contribution < -0.4 is 15.4 Å². The van der Waals surface area contributed by atoms with Crippen molar-refractivity contribution >= 4 is 16.6 Å². The molecule has 0 aliphatic carbocycles. The van der Waals surface area contributed by atoms with Gasteiger partial charge in [-0.3, -0.25) is 4.79 Å². The molecule has 0 saturated carbocycles. The summed E-state index contributed by atoms with van der Waals surface area (Å²) in [6.07, 6.45) is 2.53. The first-order valence-corrected chi connectivity index (χ1v) is 9.19. The highest BCUT2D eigenvalue weighted by molar-refractivity contribution is 5.76. The summed E-state index contributed by atoms with van der Waals surface area (Å²) in [5, 5.41) is 8.90. The van der Waals surface area contributed by atoms with Crippen molar-refractivity contribution in [3.63, 3.8) is 0 Å². The Bertz CT molecular complexity index is 962. The normalized spacial score (nSPS) is 15.5. The fourth-order valence-electron chi connectivity index (χ4n) is 3.69. The van der Waals surface area contributed by atoms with E-state index in [9.17, 15) is 4.79 Å². The van der Waals surface area contributed by atoms with E-state index in [1.54, 1.807) is 6.07 Å². The maximum Gasteiger partial charge on any atom is 0.282 e. The van der Waals surface area contributed by atoms with Crippen molar-refractivity contribution in [2.24, 2.45) is 0 Å². The first-order valence-electron chi connectivity index (χ1n) is 9.19. The minimum atomic E-state index is -0.0808. The van der Waals surface area contributed by atoms with E-state index in [0.717, 1.165) is 19.6 Å². The molecule has 3 aromatic rings. The maximum atomic E-state index is 12.6. The minimum Gasteiger partial charge on any atom is -0.371 e. The Morgan fingerprint density at radius 1 is 1.04 bits per heavy atom. The summed E-state index contributed by atoms with van der Waals surface area (Å²) in [6, 6.07) is 15.9. The fraction of sp³-hybridized carbons (Fsp3) is 0.350. The molecule has 134 valence electrons. The largest absolute Gasteiger partial charge is 0.371 e. The van der Waals surface area contributed by atoms with Crippen LogP contribution in [0.25, 0.3) is 10.9 Å². The van der Waals surface area contributed by atoms with Gasteiger partial charge in [-0.05, 0) is 31.0 Å². The van der Waals surface area contributed by atoms with Crippen LogP contribution in [-0.2, 0) is 13.2 Å². The van der Waals surface area contributed by atoms with E-state index in [1.807, 2.05) is 18.2 Å². The van der Waals surface area contributed by atoms with Crippen LogP contribution >= 0.6 is 0 Å². The average molecular weight is 350 g/mol. The minimum absolute atomic E-state index is 0.0808. The molecule has 4 rings (SSSR count). The summed E-state index contributed by atoms with van der Waals surface area (Å²) in [7, 11) is 2.09. The van der Waals surface area contributed by atoms with Gasteiger partial charge in [0.15, 0.2) is 6.67 Å². The number of quaternary nitrogens is 1. The predicted molar refractivity (Wildman–Crippen MR) is 102 cm³/mol. The summed E-state index contributed by atoms with van der Waals surface area (Å²) in [5.74, 6) is 0. The molecule has 1 aliphatic rings. The topological polar surface area (TPSA) is 55.5 Å². The SMILES string of the molecule is C[NH+](Cc1ccccc1N1CCCC1)Cn1nnc2ccccc2c1=O. The standard InChI is InChI=1S/C20H23N5O/c1-23(14-16-8-2-5-11-19(16)24-12-6-7-13-24)15-25-20(26)17-9-3-4-10-18(17)21-22-25/h2-5,8-11H,6-7,12-15H2,1H3/p+1. The van der Waals surface area contributed by atoms with Crippen molar-refractivity contribution in [3.05, 3.63) is 64.4 Å². The van der Waals surface area contributed by atoms with Crippen molar-refractivity contribution in [1.29, 1.82) is 0 Å². The molecule has 0 amide bonds. The Hall–Kier alpha value is -2.73. The molecule has 0 spiro atoms. The van der Waals surface area contributed by atoms with Gasteiger partial charge >= 0.3 is 0 Å². The third-order valence-corrected chi connectivity index (χ3v) is 4.98. The predicted octanol–water partition coefficient (Wildman–Crippen LogP) is 1.06. The smallest absolute Gasteiger partial charge is 0.282 e. The molecule has 1 N–H and O–H groups in total. The highest BCUT2D eigenvalue weighted by atomic mass is 16.1. The van der Waals surface area contributed by atoms with E-state index in [0.29, 0.717) is 17.6 Å². The summed E-state index contributed by atoms with van der Waals surface area (Å²) in [5.41, 5.74) is 3.20. The fourth-order valence-corrected chi connectivity index (χ4v) is 3.69. The van der Waals surface area contributed by atoms with Crippen molar-refractivity contribution in [3.8, 4) is 0 Å². The highest BCUT2D eigenvalue weighted by Crippen LogP contribution is 2.23. The number of hydrogen-bond donors (Lipinski definition) is 1. The quantitative estimate of drug-likeness (QED) is 0.748. The van der Waals surface area contributed by atoms with Crippen LogP contribution in [0.5, 0.6) is 0 Å². The van der Waals surface area contributed by atoms with E-state index in [2.05, 4.69) is 46.5 Å².